The minimum atomic E-state index is 0.642. The Morgan fingerprint density at radius 3 is 2.36 bits per heavy atom. The first-order valence-electron chi connectivity index (χ1n) is 4.89. The van der Waals surface area contributed by atoms with Crippen molar-refractivity contribution in [2.24, 2.45) is 0 Å². The third-order valence-electron chi connectivity index (χ3n) is 2.79. The van der Waals surface area contributed by atoms with Crippen molar-refractivity contribution >= 4 is 5.69 Å². The Morgan fingerprint density at radius 1 is 1.29 bits per heavy atom. The number of anilines is 1. The van der Waals surface area contributed by atoms with Gasteiger partial charge in [0.25, 0.3) is 0 Å². The topological polar surface area (TPSA) is 24.5 Å². The van der Waals surface area contributed by atoms with Crippen LogP contribution in [-0.2, 0) is 0 Å². The van der Waals surface area contributed by atoms with E-state index in [9.17, 15) is 0 Å². The van der Waals surface area contributed by atoms with E-state index in [0.29, 0.717) is 6.04 Å². The average molecular weight is 192 g/mol. The molecule has 1 heterocycles. The Hall–Kier alpha value is -1.22. The first kappa shape index (κ1) is 9.34. The largest absolute Gasteiger partial charge is 0.497 e. The summed E-state index contributed by atoms with van der Waals surface area (Å²) < 4.78 is 5.12. The van der Waals surface area contributed by atoms with Crippen LogP contribution >= 0.6 is 0 Å². The van der Waals surface area contributed by atoms with Gasteiger partial charge in [-0.3, -0.25) is 0 Å². The third-order valence-corrected chi connectivity index (χ3v) is 2.79. The van der Waals surface area contributed by atoms with Crippen molar-refractivity contribution in [2.45, 2.75) is 6.04 Å². The van der Waals surface area contributed by atoms with Gasteiger partial charge in [0, 0.05) is 25.8 Å². The molecule has 1 N–H and O–H groups in total. The number of methoxy groups -OCH3 is 1. The summed E-state index contributed by atoms with van der Waals surface area (Å²) in [5.41, 5.74) is 1.25. The van der Waals surface area contributed by atoms with Crippen molar-refractivity contribution in [2.75, 3.05) is 32.1 Å². The fourth-order valence-electron chi connectivity index (χ4n) is 1.58. The maximum absolute atomic E-state index is 5.12. The predicted octanol–water partition coefficient (Wildman–Crippen LogP) is 1.10. The average Bonchev–Trinajstić information content (AvgIpc) is 2.15. The van der Waals surface area contributed by atoms with Gasteiger partial charge >= 0.3 is 0 Å². The SMILES string of the molecule is COc1ccc(N(C)C2CNC2)cc1. The maximum Gasteiger partial charge on any atom is 0.119 e. The molecule has 14 heavy (non-hydrogen) atoms. The zero-order valence-electron chi connectivity index (χ0n) is 8.66. The number of hydrogen-bond donors (Lipinski definition) is 1. The number of hydrogen-bond acceptors (Lipinski definition) is 3. The summed E-state index contributed by atoms with van der Waals surface area (Å²) in [5.74, 6) is 0.911. The Bertz CT molecular complexity index is 293. The molecule has 0 bridgehead atoms. The third kappa shape index (κ3) is 1.68. The summed E-state index contributed by atoms with van der Waals surface area (Å²) in [7, 11) is 3.82. The molecule has 1 fully saturated rings. The van der Waals surface area contributed by atoms with Crippen LogP contribution in [-0.4, -0.2) is 33.3 Å². The van der Waals surface area contributed by atoms with Crippen molar-refractivity contribution in [3.05, 3.63) is 24.3 Å². The molecule has 1 aliphatic rings. The molecule has 0 saturated carbocycles. The Balaban J connectivity index is 2.07. The van der Waals surface area contributed by atoms with E-state index >= 15 is 0 Å². The number of nitrogens with one attached hydrogen (secondary N) is 1. The van der Waals surface area contributed by atoms with Crippen molar-refractivity contribution in [3.8, 4) is 5.75 Å². The molecule has 0 unspecified atom stereocenters. The van der Waals surface area contributed by atoms with Crippen LogP contribution < -0.4 is 15.0 Å². The molecule has 0 spiro atoms. The van der Waals surface area contributed by atoms with Crippen LogP contribution in [0.1, 0.15) is 0 Å². The van der Waals surface area contributed by atoms with Crippen LogP contribution in [0.5, 0.6) is 5.75 Å². The summed E-state index contributed by atoms with van der Waals surface area (Å²) in [5, 5.41) is 3.27. The molecule has 3 heteroatoms. The van der Waals surface area contributed by atoms with Gasteiger partial charge in [-0.1, -0.05) is 0 Å². The fourth-order valence-corrected chi connectivity index (χ4v) is 1.58. The van der Waals surface area contributed by atoms with E-state index in [1.807, 2.05) is 12.1 Å². The number of rotatable bonds is 3. The second kappa shape index (κ2) is 3.88. The van der Waals surface area contributed by atoms with E-state index in [2.05, 4.69) is 29.4 Å². The van der Waals surface area contributed by atoms with Gasteiger partial charge in [0.1, 0.15) is 5.75 Å². The fraction of sp³-hybridized carbons (Fsp3) is 0.455. The van der Waals surface area contributed by atoms with E-state index in [0.717, 1.165) is 18.8 Å². The molecule has 1 saturated heterocycles. The molecule has 0 aromatic heterocycles. The second-order valence-corrected chi connectivity index (χ2v) is 3.62. The van der Waals surface area contributed by atoms with Gasteiger partial charge in [0.2, 0.25) is 0 Å². The lowest BCUT2D eigenvalue weighted by atomic mass is 10.1. The van der Waals surface area contributed by atoms with Gasteiger partial charge in [-0.15, -0.1) is 0 Å². The molecule has 0 atom stereocenters. The van der Waals surface area contributed by atoms with Gasteiger partial charge in [-0.25, -0.2) is 0 Å². The minimum absolute atomic E-state index is 0.642. The quantitative estimate of drug-likeness (QED) is 0.776. The zero-order valence-corrected chi connectivity index (χ0v) is 8.66. The van der Waals surface area contributed by atoms with Crippen molar-refractivity contribution in [1.82, 2.24) is 5.32 Å². The molecule has 0 amide bonds. The molecule has 3 nitrogen and oxygen atoms in total. The molecular weight excluding hydrogens is 176 g/mol. The van der Waals surface area contributed by atoms with Crippen molar-refractivity contribution in [3.63, 3.8) is 0 Å². The molecular formula is C11H16N2O. The number of likely N-dealkylation sites (N-methyl/N-ethyl adjacent to an activating group) is 1. The van der Waals surface area contributed by atoms with Gasteiger partial charge in [-0.05, 0) is 24.3 Å². The monoisotopic (exact) mass is 192 g/mol. The highest BCUT2D eigenvalue weighted by Gasteiger charge is 2.21. The van der Waals surface area contributed by atoms with Crippen LogP contribution in [0.3, 0.4) is 0 Å². The standard InChI is InChI=1S/C11H16N2O/c1-13(10-7-12-8-10)9-3-5-11(14-2)6-4-9/h3-6,10,12H,7-8H2,1-2H3. The van der Waals surface area contributed by atoms with Crippen LogP contribution in [0.15, 0.2) is 24.3 Å². The minimum Gasteiger partial charge on any atom is -0.497 e. The molecule has 1 aliphatic heterocycles. The normalized spacial score (nSPS) is 16.1. The Morgan fingerprint density at radius 2 is 1.93 bits per heavy atom. The van der Waals surface area contributed by atoms with E-state index in [1.165, 1.54) is 5.69 Å². The molecule has 1 aromatic rings. The highest BCUT2D eigenvalue weighted by atomic mass is 16.5. The van der Waals surface area contributed by atoms with E-state index < -0.39 is 0 Å². The van der Waals surface area contributed by atoms with Crippen LogP contribution in [0, 0.1) is 0 Å². The number of ether oxygens (including phenoxy) is 1. The second-order valence-electron chi connectivity index (χ2n) is 3.62. The van der Waals surface area contributed by atoms with Gasteiger partial charge in [0.05, 0.1) is 13.2 Å². The zero-order chi connectivity index (χ0) is 9.97. The highest BCUT2D eigenvalue weighted by molar-refractivity contribution is 5.49. The molecule has 1 aromatic carbocycles. The highest BCUT2D eigenvalue weighted by Crippen LogP contribution is 2.20. The van der Waals surface area contributed by atoms with Gasteiger partial charge in [0.15, 0.2) is 0 Å². The lowest BCUT2D eigenvalue weighted by Gasteiger charge is -2.37. The lowest BCUT2D eigenvalue weighted by molar-refractivity contribution is 0.414. The van der Waals surface area contributed by atoms with E-state index in [-0.39, 0.29) is 0 Å². The Labute approximate surface area is 84.7 Å². The first-order chi connectivity index (χ1) is 6.81. The van der Waals surface area contributed by atoms with Gasteiger partial charge in [-0.2, -0.15) is 0 Å². The molecule has 0 radical (unpaired) electrons. The maximum atomic E-state index is 5.12. The van der Waals surface area contributed by atoms with Crippen LogP contribution in [0.4, 0.5) is 5.69 Å². The number of nitrogens with zero attached hydrogens (tertiary/aromatic N) is 1. The predicted molar refractivity (Wildman–Crippen MR) is 58.1 cm³/mol. The summed E-state index contributed by atoms with van der Waals surface area (Å²) in [6.07, 6.45) is 0. The van der Waals surface area contributed by atoms with E-state index in [4.69, 9.17) is 4.74 Å². The molecule has 0 aliphatic carbocycles. The Kier molecular flexibility index (Phi) is 2.59. The molecule has 76 valence electrons. The number of benzene rings is 1. The van der Waals surface area contributed by atoms with Crippen LogP contribution in [0.25, 0.3) is 0 Å². The molecule has 2 rings (SSSR count). The summed E-state index contributed by atoms with van der Waals surface area (Å²) in [6, 6.07) is 8.83. The summed E-state index contributed by atoms with van der Waals surface area (Å²) in [6.45, 7) is 2.17. The lowest BCUT2D eigenvalue weighted by Crippen LogP contribution is -2.56. The summed E-state index contributed by atoms with van der Waals surface area (Å²) in [4.78, 5) is 2.30. The smallest absolute Gasteiger partial charge is 0.119 e. The van der Waals surface area contributed by atoms with Gasteiger partial charge < -0.3 is 15.0 Å². The van der Waals surface area contributed by atoms with Crippen LogP contribution in [0.2, 0.25) is 0 Å². The van der Waals surface area contributed by atoms with Crippen molar-refractivity contribution in [1.29, 1.82) is 0 Å². The van der Waals surface area contributed by atoms with E-state index in [1.54, 1.807) is 7.11 Å². The van der Waals surface area contributed by atoms with Crippen molar-refractivity contribution < 1.29 is 4.74 Å². The first-order valence-corrected chi connectivity index (χ1v) is 4.89. The summed E-state index contributed by atoms with van der Waals surface area (Å²) >= 11 is 0.